The smallest absolute Gasteiger partial charge is 0.433 e. The van der Waals surface area contributed by atoms with E-state index >= 15 is 0 Å². The highest BCUT2D eigenvalue weighted by Gasteiger charge is 2.36. The summed E-state index contributed by atoms with van der Waals surface area (Å²) in [5.41, 5.74) is 1.16. The second-order valence-electron chi connectivity index (χ2n) is 6.92. The molecule has 1 aromatic heterocycles. The zero-order valence-electron chi connectivity index (χ0n) is 17.6. The third kappa shape index (κ3) is 4.88. The van der Waals surface area contributed by atoms with Gasteiger partial charge in [0.25, 0.3) is 5.91 Å². The molecule has 6 nitrogen and oxygen atoms in total. The van der Waals surface area contributed by atoms with Crippen LogP contribution in [0.4, 0.5) is 18.9 Å². The molecule has 0 radical (unpaired) electrons. The van der Waals surface area contributed by atoms with Crippen molar-refractivity contribution in [2.24, 2.45) is 0 Å². The van der Waals surface area contributed by atoms with Crippen LogP contribution in [0.5, 0.6) is 11.5 Å². The van der Waals surface area contributed by atoms with Crippen molar-refractivity contribution in [2.75, 3.05) is 19.4 Å². The Labute approximate surface area is 183 Å². The van der Waals surface area contributed by atoms with E-state index in [0.717, 1.165) is 11.1 Å². The third-order valence-corrected chi connectivity index (χ3v) is 4.77. The van der Waals surface area contributed by atoms with Crippen molar-refractivity contribution in [3.05, 3.63) is 71.4 Å². The zero-order chi connectivity index (χ0) is 23.5. The Morgan fingerprint density at radius 3 is 2.31 bits per heavy atom. The van der Waals surface area contributed by atoms with Crippen LogP contribution in [0.3, 0.4) is 0 Å². The van der Waals surface area contributed by atoms with Crippen LogP contribution >= 0.6 is 0 Å². The van der Waals surface area contributed by atoms with Crippen molar-refractivity contribution < 1.29 is 22.7 Å². The summed E-state index contributed by atoms with van der Waals surface area (Å²) in [4.78, 5) is 16.2. The maximum absolute atomic E-state index is 12.9. The van der Waals surface area contributed by atoms with Gasteiger partial charge in [-0.15, -0.1) is 0 Å². The minimum Gasteiger partial charge on any atom is -0.457 e. The molecule has 0 unspecified atom stereocenters. The number of carbonyl (C=O) groups excluding carboxylic acids is 1. The Kier molecular flexibility index (Phi) is 6.47. The van der Waals surface area contributed by atoms with Gasteiger partial charge >= 0.3 is 6.18 Å². The normalized spacial score (nSPS) is 11.1. The van der Waals surface area contributed by atoms with Crippen molar-refractivity contribution >= 4 is 17.3 Å². The van der Waals surface area contributed by atoms with Gasteiger partial charge in [0.05, 0.1) is 5.69 Å². The maximum Gasteiger partial charge on any atom is 0.433 e. The van der Waals surface area contributed by atoms with Crippen LogP contribution in [0, 0.1) is 12.3 Å². The van der Waals surface area contributed by atoms with Gasteiger partial charge in [0.2, 0.25) is 0 Å². The Bertz CT molecular complexity index is 1180. The summed E-state index contributed by atoms with van der Waals surface area (Å²) in [5, 5.41) is 12.6. The van der Waals surface area contributed by atoms with Crippen LogP contribution in [0.1, 0.15) is 21.5 Å². The molecule has 9 heteroatoms. The first-order chi connectivity index (χ1) is 15.1. The fourth-order valence-corrected chi connectivity index (χ4v) is 3.15. The lowest BCUT2D eigenvalue weighted by molar-refractivity contribution is -0.0587. The largest absolute Gasteiger partial charge is 0.457 e. The molecule has 0 fully saturated rings. The average Bonchev–Trinajstić information content (AvgIpc) is 2.77. The maximum atomic E-state index is 12.9. The minimum absolute atomic E-state index is 0.125. The van der Waals surface area contributed by atoms with E-state index in [2.05, 4.69) is 15.6 Å². The number of nitrogens with zero attached hydrogens (tertiary/aromatic N) is 1. The predicted octanol–water partition coefficient (Wildman–Crippen LogP) is 5.18. The highest BCUT2D eigenvalue weighted by molar-refractivity contribution is 6.06. The van der Waals surface area contributed by atoms with Crippen molar-refractivity contribution in [2.45, 2.75) is 13.1 Å². The number of rotatable bonds is 6. The van der Waals surface area contributed by atoms with E-state index in [0.29, 0.717) is 22.8 Å². The van der Waals surface area contributed by atoms with Crippen molar-refractivity contribution in [3.8, 4) is 22.8 Å². The number of aryl methyl sites for hydroxylation is 1. The molecule has 0 spiro atoms. The van der Waals surface area contributed by atoms with E-state index in [4.69, 9.17) is 10.1 Å². The summed E-state index contributed by atoms with van der Waals surface area (Å²) in [7, 11) is 3.04. The van der Waals surface area contributed by atoms with Crippen molar-refractivity contribution in [1.82, 2.24) is 10.3 Å². The summed E-state index contributed by atoms with van der Waals surface area (Å²) < 4.78 is 44.5. The number of nitrogens with one attached hydrogen (secondary N) is 3. The molecule has 166 valence electrons. The molecular formula is C23H21F3N4O2. The second kappa shape index (κ2) is 9.09. The number of hydrogen-bond acceptors (Lipinski definition) is 5. The summed E-state index contributed by atoms with van der Waals surface area (Å²) in [6.45, 7) is 1.83. The number of anilines is 1. The summed E-state index contributed by atoms with van der Waals surface area (Å²) >= 11 is 0. The standard InChI is InChI=1S/C23H21F3N4O2/c1-13-10-14(4-6-17(13)22(31)29-3)19-11-16(8-9-30-19)32-15-5-7-18(20(12-15)28-2)21(27)23(24,25)26/h4-12,27-28H,1-3H3,(H,29,31). The molecule has 0 saturated heterocycles. The topological polar surface area (TPSA) is 87.1 Å². The zero-order valence-corrected chi connectivity index (χ0v) is 17.6. The first kappa shape index (κ1) is 22.8. The van der Waals surface area contributed by atoms with E-state index in [-0.39, 0.29) is 17.2 Å². The molecule has 0 aliphatic heterocycles. The van der Waals surface area contributed by atoms with Crippen LogP contribution in [0.2, 0.25) is 0 Å². The van der Waals surface area contributed by atoms with Gasteiger partial charge in [0, 0.05) is 54.8 Å². The van der Waals surface area contributed by atoms with Crippen LogP contribution in [0.25, 0.3) is 11.3 Å². The van der Waals surface area contributed by atoms with Crippen LogP contribution in [-0.2, 0) is 0 Å². The van der Waals surface area contributed by atoms with Gasteiger partial charge < -0.3 is 15.4 Å². The quantitative estimate of drug-likeness (QED) is 0.459. The van der Waals surface area contributed by atoms with Gasteiger partial charge in [-0.1, -0.05) is 6.07 Å². The molecule has 32 heavy (non-hydrogen) atoms. The molecule has 0 aliphatic rings. The lowest BCUT2D eigenvalue weighted by Crippen LogP contribution is -2.23. The highest BCUT2D eigenvalue weighted by atomic mass is 19.4. The van der Waals surface area contributed by atoms with Gasteiger partial charge in [0.1, 0.15) is 17.2 Å². The number of aromatic nitrogens is 1. The van der Waals surface area contributed by atoms with E-state index in [9.17, 15) is 18.0 Å². The molecule has 2 aromatic carbocycles. The third-order valence-electron chi connectivity index (χ3n) is 4.77. The van der Waals surface area contributed by atoms with E-state index < -0.39 is 11.9 Å². The number of ether oxygens (including phenoxy) is 1. The molecule has 0 bridgehead atoms. The van der Waals surface area contributed by atoms with Crippen LogP contribution in [0.15, 0.2) is 54.7 Å². The first-order valence-corrected chi connectivity index (χ1v) is 9.59. The number of hydrogen-bond donors (Lipinski definition) is 3. The first-order valence-electron chi connectivity index (χ1n) is 9.59. The molecule has 3 rings (SSSR count). The lowest BCUT2D eigenvalue weighted by Gasteiger charge is -2.15. The molecular weight excluding hydrogens is 421 g/mol. The molecule has 1 amide bonds. The fraction of sp³-hybridized carbons (Fsp3) is 0.174. The predicted molar refractivity (Wildman–Crippen MR) is 117 cm³/mol. The van der Waals surface area contributed by atoms with Gasteiger partial charge in [-0.05, 0) is 42.8 Å². The molecule has 3 aromatic rings. The molecule has 0 atom stereocenters. The SMILES string of the molecule is CNC(=O)c1ccc(-c2cc(Oc3ccc(C(=N)C(F)(F)F)c(NC)c3)ccn2)cc1C. The van der Waals surface area contributed by atoms with Crippen LogP contribution < -0.4 is 15.4 Å². The number of amides is 1. The molecule has 3 N–H and O–H groups in total. The number of carbonyl (C=O) groups is 1. The van der Waals surface area contributed by atoms with Crippen molar-refractivity contribution in [1.29, 1.82) is 5.41 Å². The number of benzene rings is 2. The number of pyridine rings is 1. The van der Waals surface area contributed by atoms with Crippen LogP contribution in [-0.4, -0.2) is 36.9 Å². The van der Waals surface area contributed by atoms with E-state index in [1.165, 1.54) is 25.2 Å². The average molecular weight is 442 g/mol. The van der Waals surface area contributed by atoms with E-state index in [1.807, 2.05) is 13.0 Å². The second-order valence-corrected chi connectivity index (χ2v) is 6.92. The molecule has 0 aliphatic carbocycles. The Hall–Kier alpha value is -3.88. The highest BCUT2D eigenvalue weighted by Crippen LogP contribution is 2.32. The molecule has 1 heterocycles. The monoisotopic (exact) mass is 442 g/mol. The van der Waals surface area contributed by atoms with Gasteiger partial charge in [-0.25, -0.2) is 0 Å². The Morgan fingerprint density at radius 1 is 1.00 bits per heavy atom. The lowest BCUT2D eigenvalue weighted by atomic mass is 10.0. The van der Waals surface area contributed by atoms with Crippen molar-refractivity contribution in [3.63, 3.8) is 0 Å². The summed E-state index contributed by atoms with van der Waals surface area (Å²) in [5.74, 6) is 0.557. The Balaban J connectivity index is 1.87. The summed E-state index contributed by atoms with van der Waals surface area (Å²) in [6.07, 6.45) is -3.20. The fourth-order valence-electron chi connectivity index (χ4n) is 3.15. The Morgan fingerprint density at radius 2 is 1.69 bits per heavy atom. The molecule has 0 saturated carbocycles. The van der Waals surface area contributed by atoms with Gasteiger partial charge in [-0.2, -0.15) is 13.2 Å². The van der Waals surface area contributed by atoms with E-state index in [1.54, 1.807) is 37.5 Å². The van der Waals surface area contributed by atoms with Gasteiger partial charge in [0.15, 0.2) is 0 Å². The minimum atomic E-state index is -4.75. The number of halogens is 3. The van der Waals surface area contributed by atoms with Gasteiger partial charge in [-0.3, -0.25) is 15.2 Å². The number of alkyl halides is 3. The summed E-state index contributed by atoms with van der Waals surface area (Å²) in [6, 6.07) is 12.6.